The standard InChI is InChI=1S/C14H16N2O3/c17-14(18)11-1-2-12-13(7-11)16(9-15-12)5-3-10-4-6-19-8-10/h1-2,7,9-10H,3-6,8H2,(H,17,18). The van der Waals surface area contributed by atoms with Crippen LogP contribution in [-0.4, -0.2) is 33.8 Å². The number of carbonyl (C=O) groups is 1. The molecule has 1 unspecified atom stereocenters. The van der Waals surface area contributed by atoms with Gasteiger partial charge >= 0.3 is 5.97 Å². The molecule has 0 spiro atoms. The fourth-order valence-corrected chi connectivity index (χ4v) is 2.50. The first-order valence-electron chi connectivity index (χ1n) is 6.50. The second kappa shape index (κ2) is 5.01. The molecule has 1 atom stereocenters. The minimum Gasteiger partial charge on any atom is -0.478 e. The molecular weight excluding hydrogens is 244 g/mol. The molecule has 5 nitrogen and oxygen atoms in total. The van der Waals surface area contributed by atoms with Crippen LogP contribution in [0.5, 0.6) is 0 Å². The van der Waals surface area contributed by atoms with Crippen molar-refractivity contribution < 1.29 is 14.6 Å². The summed E-state index contributed by atoms with van der Waals surface area (Å²) in [5, 5.41) is 9.03. The summed E-state index contributed by atoms with van der Waals surface area (Å²) in [5.41, 5.74) is 2.03. The van der Waals surface area contributed by atoms with Gasteiger partial charge in [0.15, 0.2) is 0 Å². The van der Waals surface area contributed by atoms with Crippen molar-refractivity contribution in [1.29, 1.82) is 0 Å². The van der Waals surface area contributed by atoms with E-state index in [1.807, 2.05) is 4.57 Å². The number of hydrogen-bond acceptors (Lipinski definition) is 3. The van der Waals surface area contributed by atoms with E-state index in [1.165, 1.54) is 0 Å². The van der Waals surface area contributed by atoms with E-state index in [2.05, 4.69) is 4.98 Å². The molecule has 0 bridgehead atoms. The Morgan fingerprint density at radius 3 is 3.16 bits per heavy atom. The largest absolute Gasteiger partial charge is 0.478 e. The molecule has 1 aliphatic heterocycles. The molecule has 1 saturated heterocycles. The Morgan fingerprint density at radius 1 is 1.53 bits per heavy atom. The first kappa shape index (κ1) is 12.2. The Morgan fingerprint density at radius 2 is 2.42 bits per heavy atom. The molecular formula is C14H16N2O3. The van der Waals surface area contributed by atoms with Gasteiger partial charge in [-0.2, -0.15) is 0 Å². The van der Waals surface area contributed by atoms with Crippen LogP contribution in [-0.2, 0) is 11.3 Å². The van der Waals surface area contributed by atoms with Gasteiger partial charge in [-0.05, 0) is 37.0 Å². The van der Waals surface area contributed by atoms with Crippen molar-refractivity contribution in [1.82, 2.24) is 9.55 Å². The lowest BCUT2D eigenvalue weighted by Crippen LogP contribution is -2.06. The number of aromatic nitrogens is 2. The van der Waals surface area contributed by atoms with Gasteiger partial charge in [0.25, 0.3) is 0 Å². The molecule has 100 valence electrons. The topological polar surface area (TPSA) is 64.3 Å². The maximum atomic E-state index is 11.0. The van der Waals surface area contributed by atoms with E-state index in [1.54, 1.807) is 24.5 Å². The van der Waals surface area contributed by atoms with E-state index in [-0.39, 0.29) is 0 Å². The number of aryl methyl sites for hydroxylation is 1. The zero-order valence-electron chi connectivity index (χ0n) is 10.6. The number of carboxylic acids is 1. The summed E-state index contributed by atoms with van der Waals surface area (Å²) in [6, 6.07) is 5.04. The van der Waals surface area contributed by atoms with Crippen molar-refractivity contribution >= 4 is 17.0 Å². The number of fused-ring (bicyclic) bond motifs is 1. The predicted molar refractivity (Wildman–Crippen MR) is 70.2 cm³/mol. The summed E-state index contributed by atoms with van der Waals surface area (Å²) in [5.74, 6) is -0.293. The van der Waals surface area contributed by atoms with Crippen LogP contribution in [0.2, 0.25) is 0 Å². The number of ether oxygens (including phenoxy) is 1. The van der Waals surface area contributed by atoms with Crippen LogP contribution in [0, 0.1) is 5.92 Å². The number of hydrogen-bond donors (Lipinski definition) is 1. The fourth-order valence-electron chi connectivity index (χ4n) is 2.50. The van der Waals surface area contributed by atoms with E-state index < -0.39 is 5.97 Å². The molecule has 1 N–H and O–H groups in total. The quantitative estimate of drug-likeness (QED) is 0.915. The summed E-state index contributed by atoms with van der Waals surface area (Å²) >= 11 is 0. The molecule has 0 amide bonds. The van der Waals surface area contributed by atoms with Gasteiger partial charge in [0.1, 0.15) is 0 Å². The highest BCUT2D eigenvalue weighted by molar-refractivity contribution is 5.92. The summed E-state index contributed by atoms with van der Waals surface area (Å²) < 4.78 is 7.39. The molecule has 1 aromatic carbocycles. The summed E-state index contributed by atoms with van der Waals surface area (Å²) in [6.07, 6.45) is 3.95. The summed E-state index contributed by atoms with van der Waals surface area (Å²) in [6.45, 7) is 2.55. The predicted octanol–water partition coefficient (Wildman–Crippen LogP) is 2.16. The molecule has 19 heavy (non-hydrogen) atoms. The van der Waals surface area contributed by atoms with Gasteiger partial charge in [-0.25, -0.2) is 9.78 Å². The van der Waals surface area contributed by atoms with E-state index in [9.17, 15) is 4.79 Å². The van der Waals surface area contributed by atoms with Crippen molar-refractivity contribution in [2.75, 3.05) is 13.2 Å². The minimum absolute atomic E-state index is 0.304. The Labute approximate surface area is 110 Å². The Bertz CT molecular complexity index is 600. The average molecular weight is 260 g/mol. The number of aromatic carboxylic acids is 1. The van der Waals surface area contributed by atoms with Crippen LogP contribution in [0.1, 0.15) is 23.2 Å². The zero-order valence-corrected chi connectivity index (χ0v) is 10.6. The Hall–Kier alpha value is -1.88. The average Bonchev–Trinajstić information content (AvgIpc) is 3.05. The van der Waals surface area contributed by atoms with Gasteiger partial charge in [-0.1, -0.05) is 0 Å². The summed E-state index contributed by atoms with van der Waals surface area (Å²) in [7, 11) is 0. The van der Waals surface area contributed by atoms with E-state index in [0.29, 0.717) is 11.5 Å². The van der Waals surface area contributed by atoms with Crippen LogP contribution in [0.3, 0.4) is 0 Å². The third-order valence-corrected chi connectivity index (χ3v) is 3.67. The monoisotopic (exact) mass is 260 g/mol. The first-order valence-corrected chi connectivity index (χ1v) is 6.50. The van der Waals surface area contributed by atoms with E-state index in [0.717, 1.165) is 43.6 Å². The third kappa shape index (κ3) is 2.46. The van der Waals surface area contributed by atoms with Gasteiger partial charge in [0.05, 0.1) is 22.9 Å². The lowest BCUT2D eigenvalue weighted by Gasteiger charge is -2.08. The number of rotatable bonds is 4. The van der Waals surface area contributed by atoms with E-state index in [4.69, 9.17) is 9.84 Å². The molecule has 2 aromatic rings. The molecule has 0 saturated carbocycles. The number of imidazole rings is 1. The second-order valence-electron chi connectivity index (χ2n) is 4.96. The van der Waals surface area contributed by atoms with Crippen molar-refractivity contribution in [3.05, 3.63) is 30.1 Å². The van der Waals surface area contributed by atoms with Crippen LogP contribution < -0.4 is 0 Å². The normalized spacial score (nSPS) is 19.1. The maximum Gasteiger partial charge on any atom is 0.335 e. The van der Waals surface area contributed by atoms with Crippen molar-refractivity contribution in [3.63, 3.8) is 0 Å². The molecule has 1 aliphatic rings. The van der Waals surface area contributed by atoms with Crippen molar-refractivity contribution in [2.24, 2.45) is 5.92 Å². The molecule has 0 aliphatic carbocycles. The smallest absolute Gasteiger partial charge is 0.335 e. The van der Waals surface area contributed by atoms with E-state index >= 15 is 0 Å². The number of benzene rings is 1. The SMILES string of the molecule is O=C(O)c1ccc2ncn(CCC3CCOC3)c2c1. The van der Waals surface area contributed by atoms with Crippen LogP contribution in [0.4, 0.5) is 0 Å². The molecule has 0 radical (unpaired) electrons. The minimum atomic E-state index is -0.904. The first-order chi connectivity index (χ1) is 9.24. The number of nitrogens with zero attached hydrogens (tertiary/aromatic N) is 2. The highest BCUT2D eigenvalue weighted by atomic mass is 16.5. The Balaban J connectivity index is 1.81. The number of carboxylic acid groups (broad SMARTS) is 1. The van der Waals surface area contributed by atoms with Crippen molar-refractivity contribution in [3.8, 4) is 0 Å². The lowest BCUT2D eigenvalue weighted by molar-refractivity contribution is 0.0697. The van der Waals surface area contributed by atoms with Crippen LogP contribution >= 0.6 is 0 Å². The van der Waals surface area contributed by atoms with Gasteiger partial charge in [-0.15, -0.1) is 0 Å². The highest BCUT2D eigenvalue weighted by Crippen LogP contribution is 2.20. The molecule has 1 aromatic heterocycles. The second-order valence-corrected chi connectivity index (χ2v) is 4.96. The molecule has 5 heteroatoms. The maximum absolute atomic E-state index is 11.0. The van der Waals surface area contributed by atoms with Gasteiger partial charge in [-0.3, -0.25) is 0 Å². The fraction of sp³-hybridized carbons (Fsp3) is 0.429. The molecule has 3 rings (SSSR count). The lowest BCUT2D eigenvalue weighted by atomic mass is 10.1. The highest BCUT2D eigenvalue weighted by Gasteiger charge is 2.16. The molecule has 2 heterocycles. The van der Waals surface area contributed by atoms with Gasteiger partial charge < -0.3 is 14.4 Å². The van der Waals surface area contributed by atoms with Gasteiger partial charge in [0, 0.05) is 19.8 Å². The van der Waals surface area contributed by atoms with Crippen molar-refractivity contribution in [2.45, 2.75) is 19.4 Å². The van der Waals surface area contributed by atoms with Crippen LogP contribution in [0.15, 0.2) is 24.5 Å². The third-order valence-electron chi connectivity index (χ3n) is 3.67. The summed E-state index contributed by atoms with van der Waals surface area (Å²) in [4.78, 5) is 15.3. The zero-order chi connectivity index (χ0) is 13.2. The van der Waals surface area contributed by atoms with Crippen LogP contribution in [0.25, 0.3) is 11.0 Å². The Kier molecular flexibility index (Phi) is 3.21. The molecule has 1 fully saturated rings. The van der Waals surface area contributed by atoms with Gasteiger partial charge in [0.2, 0.25) is 0 Å².